The Morgan fingerprint density at radius 2 is 1.88 bits per heavy atom. The number of hydrogen-bond acceptors (Lipinski definition) is 4. The van der Waals surface area contributed by atoms with E-state index in [-0.39, 0.29) is 22.7 Å². The monoisotopic (exact) mass is 362 g/mol. The van der Waals surface area contributed by atoms with Crippen molar-refractivity contribution in [1.29, 1.82) is 0 Å². The van der Waals surface area contributed by atoms with E-state index in [1.54, 1.807) is 49.4 Å². The summed E-state index contributed by atoms with van der Waals surface area (Å²) in [7, 11) is 0. The zero-order valence-electron chi connectivity index (χ0n) is 12.6. The molecule has 0 spiro atoms. The van der Waals surface area contributed by atoms with Crippen LogP contribution in [-0.4, -0.2) is 22.4 Å². The Hall–Kier alpha value is -2.37. The van der Waals surface area contributed by atoms with E-state index in [0.29, 0.717) is 16.2 Å². The van der Waals surface area contributed by atoms with Crippen LogP contribution in [0.4, 0.5) is 0 Å². The van der Waals surface area contributed by atoms with E-state index >= 15 is 0 Å². The molecule has 24 heavy (non-hydrogen) atoms. The van der Waals surface area contributed by atoms with Crippen molar-refractivity contribution in [2.45, 2.75) is 6.92 Å². The van der Waals surface area contributed by atoms with E-state index in [0.717, 1.165) is 0 Å². The van der Waals surface area contributed by atoms with Gasteiger partial charge in [-0.2, -0.15) is 5.10 Å². The van der Waals surface area contributed by atoms with E-state index in [2.05, 4.69) is 5.10 Å². The Morgan fingerprint density at radius 1 is 1.17 bits per heavy atom. The Morgan fingerprint density at radius 3 is 2.54 bits per heavy atom. The molecule has 3 aromatic rings. The molecule has 0 aliphatic carbocycles. The Kier molecular flexibility index (Phi) is 4.55. The summed E-state index contributed by atoms with van der Waals surface area (Å²) in [6.07, 6.45) is 0. The molecule has 0 radical (unpaired) electrons. The highest BCUT2D eigenvalue weighted by Gasteiger charge is 2.20. The number of ether oxygens (including phenoxy) is 1. The molecule has 7 heteroatoms. The lowest BCUT2D eigenvalue weighted by molar-refractivity contribution is 0.0516. The predicted octanol–water partition coefficient (Wildman–Crippen LogP) is 3.87. The van der Waals surface area contributed by atoms with Gasteiger partial charge >= 0.3 is 5.97 Å². The number of aromatic nitrogens is 2. The fourth-order valence-corrected chi connectivity index (χ4v) is 2.73. The van der Waals surface area contributed by atoms with Crippen LogP contribution in [0.3, 0.4) is 0 Å². The summed E-state index contributed by atoms with van der Waals surface area (Å²) in [5.74, 6) is -0.785. The molecule has 0 atom stereocenters. The first kappa shape index (κ1) is 16.5. The van der Waals surface area contributed by atoms with Gasteiger partial charge in [0.1, 0.15) is 0 Å². The molecule has 0 unspecified atom stereocenters. The lowest BCUT2D eigenvalue weighted by Gasteiger charge is -2.12. The van der Waals surface area contributed by atoms with Crippen LogP contribution >= 0.6 is 23.2 Å². The molecule has 5 nitrogen and oxygen atoms in total. The molecule has 0 aliphatic rings. The number of hydrogen-bond donors (Lipinski definition) is 0. The third kappa shape index (κ3) is 2.88. The van der Waals surface area contributed by atoms with Crippen molar-refractivity contribution in [3.05, 3.63) is 68.4 Å². The summed E-state index contributed by atoms with van der Waals surface area (Å²) in [5, 5.41) is 5.21. The van der Waals surface area contributed by atoms with Gasteiger partial charge in [0.05, 0.1) is 28.2 Å². The van der Waals surface area contributed by atoms with Crippen molar-refractivity contribution in [3.8, 4) is 5.69 Å². The normalized spacial score (nSPS) is 10.8. The highest BCUT2D eigenvalue weighted by molar-refractivity contribution is 6.35. The van der Waals surface area contributed by atoms with E-state index in [4.69, 9.17) is 27.9 Å². The van der Waals surface area contributed by atoms with Gasteiger partial charge in [-0.1, -0.05) is 29.3 Å². The number of carbonyl (C=O) groups is 1. The van der Waals surface area contributed by atoms with Crippen molar-refractivity contribution in [3.63, 3.8) is 0 Å². The number of nitrogens with zero attached hydrogens (tertiary/aromatic N) is 2. The SMILES string of the molecule is CCOC(=O)c1nn(-c2ccc(Cl)cc2)c2cccc(Cl)c2c1=O. The maximum absolute atomic E-state index is 12.6. The predicted molar refractivity (Wildman–Crippen MR) is 93.3 cm³/mol. The molecule has 0 aliphatic heterocycles. The molecule has 0 fully saturated rings. The van der Waals surface area contributed by atoms with E-state index < -0.39 is 11.4 Å². The number of carbonyl (C=O) groups excluding carboxylic acids is 1. The molecule has 1 heterocycles. The van der Waals surface area contributed by atoms with Gasteiger partial charge < -0.3 is 4.74 Å². The molecule has 0 amide bonds. The van der Waals surface area contributed by atoms with Crippen molar-refractivity contribution in [2.24, 2.45) is 0 Å². The molecule has 0 saturated heterocycles. The molecule has 1 aromatic heterocycles. The third-order valence-electron chi connectivity index (χ3n) is 3.40. The first-order chi connectivity index (χ1) is 11.5. The first-order valence-corrected chi connectivity index (χ1v) is 7.93. The second-order valence-corrected chi connectivity index (χ2v) is 5.76. The van der Waals surface area contributed by atoms with Crippen LogP contribution in [0.5, 0.6) is 0 Å². The van der Waals surface area contributed by atoms with Gasteiger partial charge in [-0.25, -0.2) is 9.48 Å². The van der Waals surface area contributed by atoms with Gasteiger partial charge in [0, 0.05) is 5.02 Å². The summed E-state index contributed by atoms with van der Waals surface area (Å²) in [5.41, 5.74) is 0.256. The summed E-state index contributed by atoms with van der Waals surface area (Å²) in [4.78, 5) is 24.7. The lowest BCUT2D eigenvalue weighted by atomic mass is 10.2. The second kappa shape index (κ2) is 6.63. The Bertz CT molecular complexity index is 982. The standard InChI is InChI=1S/C17H12Cl2N2O3/c1-2-24-17(23)15-16(22)14-12(19)4-3-5-13(14)21(20-15)11-8-6-10(18)7-9-11/h3-9H,2H2,1H3. The summed E-state index contributed by atoms with van der Waals surface area (Å²) in [6, 6.07) is 11.9. The van der Waals surface area contributed by atoms with Gasteiger partial charge in [0.2, 0.25) is 11.1 Å². The van der Waals surface area contributed by atoms with Gasteiger partial charge in [-0.05, 0) is 43.3 Å². The molecular weight excluding hydrogens is 351 g/mol. The quantitative estimate of drug-likeness (QED) is 0.663. The molecule has 0 bridgehead atoms. The first-order valence-electron chi connectivity index (χ1n) is 7.17. The molecular formula is C17H12Cl2N2O3. The largest absolute Gasteiger partial charge is 0.461 e. The van der Waals surface area contributed by atoms with Crippen LogP contribution < -0.4 is 5.43 Å². The summed E-state index contributed by atoms with van der Waals surface area (Å²) >= 11 is 12.1. The van der Waals surface area contributed by atoms with Gasteiger partial charge in [0.15, 0.2) is 0 Å². The van der Waals surface area contributed by atoms with Gasteiger partial charge in [0.25, 0.3) is 0 Å². The summed E-state index contributed by atoms with van der Waals surface area (Å²) < 4.78 is 6.41. The van der Waals surface area contributed by atoms with Crippen LogP contribution in [0, 0.1) is 0 Å². The average Bonchev–Trinajstić information content (AvgIpc) is 2.56. The average molecular weight is 363 g/mol. The number of benzene rings is 2. The van der Waals surface area contributed by atoms with Crippen LogP contribution in [0.25, 0.3) is 16.6 Å². The van der Waals surface area contributed by atoms with E-state index in [9.17, 15) is 9.59 Å². The highest BCUT2D eigenvalue weighted by Crippen LogP contribution is 2.23. The molecule has 0 N–H and O–H groups in total. The van der Waals surface area contributed by atoms with Crippen LogP contribution in [0.15, 0.2) is 47.3 Å². The lowest BCUT2D eigenvalue weighted by Crippen LogP contribution is -2.24. The smallest absolute Gasteiger partial charge is 0.362 e. The number of esters is 1. The fraction of sp³-hybridized carbons (Fsp3) is 0.118. The minimum atomic E-state index is -0.785. The van der Waals surface area contributed by atoms with Crippen molar-refractivity contribution >= 4 is 40.1 Å². The minimum Gasteiger partial charge on any atom is -0.461 e. The number of fused-ring (bicyclic) bond motifs is 1. The van der Waals surface area contributed by atoms with Crippen LogP contribution in [0.1, 0.15) is 17.4 Å². The van der Waals surface area contributed by atoms with Crippen molar-refractivity contribution < 1.29 is 9.53 Å². The van der Waals surface area contributed by atoms with Crippen molar-refractivity contribution in [2.75, 3.05) is 6.61 Å². The van der Waals surface area contributed by atoms with Crippen LogP contribution in [0.2, 0.25) is 10.0 Å². The fourth-order valence-electron chi connectivity index (χ4n) is 2.34. The molecule has 122 valence electrons. The Labute approximate surface area is 147 Å². The summed E-state index contributed by atoms with van der Waals surface area (Å²) in [6.45, 7) is 1.80. The highest BCUT2D eigenvalue weighted by atomic mass is 35.5. The van der Waals surface area contributed by atoms with E-state index in [1.165, 1.54) is 4.68 Å². The topological polar surface area (TPSA) is 61.2 Å². The van der Waals surface area contributed by atoms with Gasteiger partial charge in [-0.15, -0.1) is 0 Å². The minimum absolute atomic E-state index is 0.140. The van der Waals surface area contributed by atoms with E-state index in [1.807, 2.05) is 0 Å². The molecule has 3 rings (SSSR count). The number of halogens is 2. The van der Waals surface area contributed by atoms with Gasteiger partial charge in [-0.3, -0.25) is 4.79 Å². The van der Waals surface area contributed by atoms with Crippen LogP contribution in [-0.2, 0) is 4.74 Å². The van der Waals surface area contributed by atoms with Crippen molar-refractivity contribution in [1.82, 2.24) is 9.78 Å². The zero-order valence-corrected chi connectivity index (χ0v) is 14.1. The number of rotatable bonds is 3. The maximum atomic E-state index is 12.6. The molecule has 0 saturated carbocycles. The molecule has 2 aromatic carbocycles. The Balaban J connectivity index is 2.37. The maximum Gasteiger partial charge on any atom is 0.362 e. The second-order valence-electron chi connectivity index (χ2n) is 4.92. The zero-order chi connectivity index (χ0) is 17.3. The third-order valence-corrected chi connectivity index (χ3v) is 3.97.